The van der Waals surface area contributed by atoms with Gasteiger partial charge in [0, 0.05) is 12.3 Å². The van der Waals surface area contributed by atoms with Crippen LogP contribution in [0.4, 0.5) is 0 Å². The van der Waals surface area contributed by atoms with Gasteiger partial charge in [0.15, 0.2) is 0 Å². The summed E-state index contributed by atoms with van der Waals surface area (Å²) in [5.41, 5.74) is 4.21. The van der Waals surface area contributed by atoms with Crippen LogP contribution in [-0.2, 0) is 6.42 Å². The van der Waals surface area contributed by atoms with E-state index in [-0.39, 0.29) is 0 Å². The van der Waals surface area contributed by atoms with Crippen molar-refractivity contribution in [2.24, 2.45) is 5.92 Å². The molecule has 1 aliphatic carbocycles. The molecule has 1 heteroatoms. The van der Waals surface area contributed by atoms with Crippen LogP contribution in [-0.4, -0.2) is 0 Å². The zero-order valence-electron chi connectivity index (χ0n) is 10.9. The lowest BCUT2D eigenvalue weighted by atomic mass is 9.71. The van der Waals surface area contributed by atoms with E-state index in [1.807, 2.05) is 0 Å². The van der Waals surface area contributed by atoms with Crippen LogP contribution in [0.5, 0.6) is 0 Å². The van der Waals surface area contributed by atoms with Gasteiger partial charge in [-0.2, -0.15) is 5.26 Å². The molecule has 2 atom stereocenters. The van der Waals surface area contributed by atoms with Gasteiger partial charge in [0.2, 0.25) is 0 Å². The van der Waals surface area contributed by atoms with Crippen LogP contribution in [0.2, 0.25) is 0 Å². The number of benzene rings is 2. The predicted molar refractivity (Wildman–Crippen MR) is 76.8 cm³/mol. The van der Waals surface area contributed by atoms with Gasteiger partial charge >= 0.3 is 0 Å². The highest BCUT2D eigenvalue weighted by molar-refractivity contribution is 5.41. The Balaban J connectivity index is 2.08. The molecule has 1 nitrogen and oxygen atoms in total. The number of aryl methyl sites for hydroxylation is 1. The number of hydrogen-bond acceptors (Lipinski definition) is 1. The molecule has 0 N–H and O–H groups in total. The summed E-state index contributed by atoms with van der Waals surface area (Å²) in [4.78, 5) is 0. The first-order valence-corrected chi connectivity index (χ1v) is 6.90. The second kappa shape index (κ2) is 5.28. The molecule has 2 aromatic carbocycles. The highest BCUT2D eigenvalue weighted by Gasteiger charge is 2.30. The van der Waals surface area contributed by atoms with Crippen molar-refractivity contribution in [3.05, 3.63) is 71.3 Å². The smallest absolute Gasteiger partial charge is 0.0625 e. The maximum atomic E-state index is 9.08. The fraction of sp³-hybridized carbons (Fsp3) is 0.278. The van der Waals surface area contributed by atoms with Crippen molar-refractivity contribution < 1.29 is 0 Å². The van der Waals surface area contributed by atoms with E-state index in [0.29, 0.717) is 18.3 Å². The standard InChI is InChI=1S/C18H17N/c19-13-12-16-11-10-14-6-4-5-9-17(14)18(16)15-7-2-1-3-8-15/h1-9,16,18H,10-12H2/t16-,18-/m0/s1. The first-order chi connectivity index (χ1) is 9.40. The first-order valence-electron chi connectivity index (χ1n) is 6.90. The third kappa shape index (κ3) is 2.27. The first kappa shape index (κ1) is 12.0. The lowest BCUT2D eigenvalue weighted by molar-refractivity contribution is 0.417. The van der Waals surface area contributed by atoms with E-state index < -0.39 is 0 Å². The van der Waals surface area contributed by atoms with E-state index >= 15 is 0 Å². The van der Waals surface area contributed by atoms with Gasteiger partial charge < -0.3 is 0 Å². The zero-order valence-corrected chi connectivity index (χ0v) is 10.9. The Labute approximate surface area is 114 Å². The Hall–Kier alpha value is -2.07. The highest BCUT2D eigenvalue weighted by atomic mass is 14.3. The zero-order chi connectivity index (χ0) is 13.1. The summed E-state index contributed by atoms with van der Waals surface area (Å²) in [6, 6.07) is 21.7. The molecular formula is C18H17N. The number of nitrogens with zero attached hydrogens (tertiary/aromatic N) is 1. The average molecular weight is 247 g/mol. The SMILES string of the molecule is N#CC[C@@H]1CCc2ccccc2[C@H]1c1ccccc1. The van der Waals surface area contributed by atoms with Crippen molar-refractivity contribution in [2.45, 2.75) is 25.2 Å². The Kier molecular flexibility index (Phi) is 3.33. The van der Waals surface area contributed by atoms with Gasteiger partial charge in [-0.05, 0) is 35.4 Å². The summed E-state index contributed by atoms with van der Waals surface area (Å²) in [6.07, 6.45) is 2.86. The molecule has 0 aromatic heterocycles. The minimum Gasteiger partial charge on any atom is -0.198 e. The molecule has 0 amide bonds. The third-order valence-corrected chi connectivity index (χ3v) is 4.16. The monoisotopic (exact) mass is 247 g/mol. The molecule has 0 spiro atoms. The normalized spacial score (nSPS) is 21.4. The molecule has 19 heavy (non-hydrogen) atoms. The van der Waals surface area contributed by atoms with Crippen molar-refractivity contribution in [1.29, 1.82) is 5.26 Å². The van der Waals surface area contributed by atoms with E-state index in [9.17, 15) is 0 Å². The number of nitriles is 1. The quantitative estimate of drug-likeness (QED) is 0.776. The molecule has 1 aliphatic rings. The topological polar surface area (TPSA) is 23.8 Å². The van der Waals surface area contributed by atoms with Gasteiger partial charge in [-0.3, -0.25) is 0 Å². The van der Waals surface area contributed by atoms with Gasteiger partial charge in [-0.25, -0.2) is 0 Å². The molecular weight excluding hydrogens is 230 g/mol. The lowest BCUT2D eigenvalue weighted by Crippen LogP contribution is -2.21. The summed E-state index contributed by atoms with van der Waals surface area (Å²) in [5.74, 6) is 0.827. The van der Waals surface area contributed by atoms with Crippen LogP contribution >= 0.6 is 0 Å². The van der Waals surface area contributed by atoms with E-state index in [1.54, 1.807) is 0 Å². The molecule has 0 unspecified atom stereocenters. The van der Waals surface area contributed by atoms with E-state index in [4.69, 9.17) is 5.26 Å². The van der Waals surface area contributed by atoms with Crippen molar-refractivity contribution in [3.8, 4) is 6.07 Å². The molecule has 0 saturated carbocycles. The maximum Gasteiger partial charge on any atom is 0.0625 e. The summed E-state index contributed by atoms with van der Waals surface area (Å²) in [6.45, 7) is 0. The summed E-state index contributed by atoms with van der Waals surface area (Å²) >= 11 is 0. The number of hydrogen-bond donors (Lipinski definition) is 0. The number of fused-ring (bicyclic) bond motifs is 1. The Morgan fingerprint density at radius 1 is 1.00 bits per heavy atom. The van der Waals surface area contributed by atoms with Crippen molar-refractivity contribution in [3.63, 3.8) is 0 Å². The van der Waals surface area contributed by atoms with Gasteiger partial charge in [-0.1, -0.05) is 54.6 Å². The summed E-state index contributed by atoms with van der Waals surface area (Å²) in [5, 5.41) is 9.08. The van der Waals surface area contributed by atoms with Gasteiger partial charge in [0.25, 0.3) is 0 Å². The lowest BCUT2D eigenvalue weighted by Gasteiger charge is -2.33. The molecule has 2 aromatic rings. The van der Waals surface area contributed by atoms with Crippen molar-refractivity contribution in [2.75, 3.05) is 0 Å². The Bertz CT molecular complexity index is 595. The van der Waals surface area contributed by atoms with Gasteiger partial charge in [0.05, 0.1) is 6.07 Å². The predicted octanol–water partition coefficient (Wildman–Crippen LogP) is 4.29. The molecule has 94 valence electrons. The average Bonchev–Trinajstić information content (AvgIpc) is 2.48. The maximum absolute atomic E-state index is 9.08. The van der Waals surface area contributed by atoms with Crippen molar-refractivity contribution >= 4 is 0 Å². The van der Waals surface area contributed by atoms with E-state index in [0.717, 1.165) is 12.8 Å². The molecule has 0 heterocycles. The molecule has 0 fully saturated rings. The second-order valence-electron chi connectivity index (χ2n) is 5.25. The fourth-order valence-electron chi connectivity index (χ4n) is 3.28. The highest BCUT2D eigenvalue weighted by Crippen LogP contribution is 2.42. The van der Waals surface area contributed by atoms with Crippen LogP contribution in [0.3, 0.4) is 0 Å². The molecule has 3 rings (SSSR count). The van der Waals surface area contributed by atoms with Crippen LogP contribution in [0.15, 0.2) is 54.6 Å². The van der Waals surface area contributed by atoms with Crippen LogP contribution < -0.4 is 0 Å². The molecule has 0 bridgehead atoms. The van der Waals surface area contributed by atoms with Crippen molar-refractivity contribution in [1.82, 2.24) is 0 Å². The Morgan fingerprint density at radius 3 is 2.53 bits per heavy atom. The second-order valence-corrected chi connectivity index (χ2v) is 5.25. The third-order valence-electron chi connectivity index (χ3n) is 4.16. The van der Waals surface area contributed by atoms with E-state index in [2.05, 4.69) is 60.7 Å². The van der Waals surface area contributed by atoms with E-state index in [1.165, 1.54) is 16.7 Å². The largest absolute Gasteiger partial charge is 0.198 e. The number of rotatable bonds is 2. The minimum absolute atomic E-state index is 0.380. The van der Waals surface area contributed by atoms with Gasteiger partial charge in [-0.15, -0.1) is 0 Å². The van der Waals surface area contributed by atoms with Crippen LogP contribution in [0, 0.1) is 17.2 Å². The van der Waals surface area contributed by atoms with Gasteiger partial charge in [0.1, 0.15) is 0 Å². The molecule has 0 aliphatic heterocycles. The van der Waals surface area contributed by atoms with Crippen LogP contribution in [0.25, 0.3) is 0 Å². The fourth-order valence-corrected chi connectivity index (χ4v) is 3.28. The summed E-state index contributed by atoms with van der Waals surface area (Å²) < 4.78 is 0. The molecule has 0 saturated heterocycles. The minimum atomic E-state index is 0.380. The Morgan fingerprint density at radius 2 is 1.74 bits per heavy atom. The van der Waals surface area contributed by atoms with Crippen LogP contribution in [0.1, 0.15) is 35.4 Å². The molecule has 0 radical (unpaired) electrons. The summed E-state index contributed by atoms with van der Waals surface area (Å²) in [7, 11) is 0.